The van der Waals surface area contributed by atoms with Crippen LogP contribution in [0.5, 0.6) is 0 Å². The molecule has 0 heterocycles. The molecular weight excluding hydrogens is 138 g/mol. The van der Waals surface area contributed by atoms with Gasteiger partial charge in [-0.3, -0.25) is 4.48 Å². The standard InChI is InChI=1S/C9H20NO/c1-4-5-6-7-8-10(2,3)9-11/h9H,4-8H2,1-3H3/q+1. The molecule has 66 valence electrons. The molecule has 1 amide bonds. The Morgan fingerprint density at radius 3 is 2.27 bits per heavy atom. The van der Waals surface area contributed by atoms with Crippen LogP contribution in [0.15, 0.2) is 0 Å². The fourth-order valence-corrected chi connectivity index (χ4v) is 0.999. The van der Waals surface area contributed by atoms with Crippen molar-refractivity contribution in [3.8, 4) is 0 Å². The highest BCUT2D eigenvalue weighted by Crippen LogP contribution is 2.02. The number of hydrogen-bond acceptors (Lipinski definition) is 1. The second-order valence-electron chi connectivity index (χ2n) is 3.67. The molecule has 2 heteroatoms. The van der Waals surface area contributed by atoms with Gasteiger partial charge in [0.2, 0.25) is 0 Å². The predicted molar refractivity (Wildman–Crippen MR) is 47.2 cm³/mol. The van der Waals surface area contributed by atoms with Crippen molar-refractivity contribution >= 4 is 6.41 Å². The Morgan fingerprint density at radius 1 is 1.18 bits per heavy atom. The van der Waals surface area contributed by atoms with Gasteiger partial charge >= 0.3 is 6.41 Å². The molecule has 0 saturated heterocycles. The van der Waals surface area contributed by atoms with Crippen LogP contribution >= 0.6 is 0 Å². The van der Waals surface area contributed by atoms with Crippen molar-refractivity contribution in [1.82, 2.24) is 0 Å². The first-order valence-corrected chi connectivity index (χ1v) is 4.41. The SMILES string of the molecule is CCCCCC[N+](C)(C)C=O. The zero-order valence-electron chi connectivity index (χ0n) is 7.97. The maximum atomic E-state index is 10.5. The van der Waals surface area contributed by atoms with Crippen LogP contribution in [0.1, 0.15) is 32.6 Å². The highest BCUT2D eigenvalue weighted by atomic mass is 16.1. The maximum Gasteiger partial charge on any atom is 0.301 e. The van der Waals surface area contributed by atoms with Gasteiger partial charge in [0.15, 0.2) is 0 Å². The van der Waals surface area contributed by atoms with Gasteiger partial charge in [-0.2, -0.15) is 0 Å². The minimum absolute atomic E-state index is 0.504. The summed E-state index contributed by atoms with van der Waals surface area (Å²) in [5.74, 6) is 0. The summed E-state index contributed by atoms with van der Waals surface area (Å²) in [5, 5.41) is 0. The lowest BCUT2D eigenvalue weighted by Gasteiger charge is -2.20. The van der Waals surface area contributed by atoms with E-state index in [9.17, 15) is 4.79 Å². The Balaban J connectivity index is 3.30. The third-order valence-corrected chi connectivity index (χ3v) is 1.87. The summed E-state index contributed by atoms with van der Waals surface area (Å²) in [7, 11) is 3.89. The molecule has 2 nitrogen and oxygen atoms in total. The Kier molecular flexibility index (Phi) is 5.12. The van der Waals surface area contributed by atoms with Gasteiger partial charge in [0.05, 0.1) is 20.6 Å². The van der Waals surface area contributed by atoms with E-state index in [1.165, 1.54) is 25.7 Å². The first-order valence-electron chi connectivity index (χ1n) is 4.41. The van der Waals surface area contributed by atoms with Crippen molar-refractivity contribution in [3.63, 3.8) is 0 Å². The van der Waals surface area contributed by atoms with E-state index in [0.29, 0.717) is 4.48 Å². The molecule has 11 heavy (non-hydrogen) atoms. The molecule has 0 aliphatic heterocycles. The topological polar surface area (TPSA) is 17.1 Å². The van der Waals surface area contributed by atoms with Gasteiger partial charge in [-0.25, -0.2) is 4.79 Å². The van der Waals surface area contributed by atoms with E-state index < -0.39 is 0 Å². The van der Waals surface area contributed by atoms with Gasteiger partial charge in [-0.05, 0) is 12.8 Å². The number of carbonyl (C=O) groups excluding carboxylic acids is 1. The molecule has 0 N–H and O–H groups in total. The summed E-state index contributed by atoms with van der Waals surface area (Å²) >= 11 is 0. The molecule has 0 aromatic rings. The fraction of sp³-hybridized carbons (Fsp3) is 0.889. The van der Waals surface area contributed by atoms with Gasteiger partial charge in [0.1, 0.15) is 0 Å². The summed E-state index contributed by atoms with van der Waals surface area (Å²) in [6.07, 6.45) is 5.98. The largest absolute Gasteiger partial charge is 0.301 e. The van der Waals surface area contributed by atoms with Gasteiger partial charge in [-0.15, -0.1) is 0 Å². The molecular formula is C9H20NO+. The second kappa shape index (κ2) is 5.30. The molecule has 0 aliphatic rings. The Morgan fingerprint density at radius 2 is 1.82 bits per heavy atom. The number of amides is 1. The average molecular weight is 158 g/mol. The molecule has 0 saturated carbocycles. The molecule has 0 atom stereocenters. The molecule has 0 spiro atoms. The minimum atomic E-state index is 0.504. The molecule has 0 unspecified atom stereocenters. The van der Waals surface area contributed by atoms with Crippen molar-refractivity contribution in [2.75, 3.05) is 20.6 Å². The Bertz CT molecular complexity index is 110. The lowest BCUT2D eigenvalue weighted by Crippen LogP contribution is -2.38. The highest BCUT2D eigenvalue weighted by molar-refractivity contribution is 5.36. The summed E-state index contributed by atoms with van der Waals surface area (Å²) < 4.78 is 0.504. The third-order valence-electron chi connectivity index (χ3n) is 1.87. The number of nitrogens with zero attached hydrogens (tertiary/aromatic N) is 1. The first kappa shape index (κ1) is 10.6. The molecule has 0 radical (unpaired) electrons. The van der Waals surface area contributed by atoms with E-state index in [0.717, 1.165) is 13.0 Å². The molecule has 0 fully saturated rings. The fourth-order valence-electron chi connectivity index (χ4n) is 0.999. The normalized spacial score (nSPS) is 11.5. The van der Waals surface area contributed by atoms with Crippen LogP contribution in [0.2, 0.25) is 0 Å². The number of hydrogen-bond donors (Lipinski definition) is 0. The van der Waals surface area contributed by atoms with E-state index in [-0.39, 0.29) is 0 Å². The third kappa shape index (κ3) is 6.05. The lowest BCUT2D eigenvalue weighted by atomic mass is 10.2. The van der Waals surface area contributed by atoms with Crippen LogP contribution in [0.4, 0.5) is 0 Å². The molecule has 0 aromatic carbocycles. The predicted octanol–water partition coefficient (Wildman–Crippen LogP) is 1.80. The number of quaternary nitrogens is 1. The van der Waals surface area contributed by atoms with Gasteiger partial charge < -0.3 is 0 Å². The summed E-state index contributed by atoms with van der Waals surface area (Å²) in [6, 6.07) is 0. The van der Waals surface area contributed by atoms with Crippen LogP contribution in [0.3, 0.4) is 0 Å². The van der Waals surface area contributed by atoms with Crippen LogP contribution in [-0.2, 0) is 4.79 Å². The maximum absolute atomic E-state index is 10.5. The number of unbranched alkanes of at least 4 members (excludes halogenated alkanes) is 3. The quantitative estimate of drug-likeness (QED) is 0.327. The summed E-state index contributed by atoms with van der Waals surface area (Å²) in [6.45, 7) is 3.17. The van der Waals surface area contributed by atoms with Crippen LogP contribution in [0.25, 0.3) is 0 Å². The smallest absolute Gasteiger partial charge is 0.268 e. The van der Waals surface area contributed by atoms with Gasteiger partial charge in [-0.1, -0.05) is 19.8 Å². The molecule has 0 aliphatic carbocycles. The Hall–Kier alpha value is -0.370. The summed E-state index contributed by atoms with van der Waals surface area (Å²) in [5.41, 5.74) is 0. The van der Waals surface area contributed by atoms with E-state index in [1.807, 2.05) is 14.1 Å². The minimum Gasteiger partial charge on any atom is -0.268 e. The molecule has 0 bridgehead atoms. The van der Waals surface area contributed by atoms with E-state index in [2.05, 4.69) is 6.92 Å². The van der Waals surface area contributed by atoms with Crippen molar-refractivity contribution in [1.29, 1.82) is 0 Å². The molecule has 0 rings (SSSR count). The van der Waals surface area contributed by atoms with Crippen molar-refractivity contribution in [3.05, 3.63) is 0 Å². The zero-order valence-corrected chi connectivity index (χ0v) is 7.97. The van der Waals surface area contributed by atoms with Gasteiger partial charge in [0.25, 0.3) is 0 Å². The zero-order chi connectivity index (χ0) is 8.74. The second-order valence-corrected chi connectivity index (χ2v) is 3.67. The van der Waals surface area contributed by atoms with Crippen LogP contribution in [0, 0.1) is 0 Å². The van der Waals surface area contributed by atoms with E-state index >= 15 is 0 Å². The van der Waals surface area contributed by atoms with Crippen molar-refractivity contribution < 1.29 is 9.28 Å². The average Bonchev–Trinajstić information content (AvgIpc) is 1.99. The first-order chi connectivity index (χ1) is 5.12. The van der Waals surface area contributed by atoms with Crippen molar-refractivity contribution in [2.45, 2.75) is 32.6 Å². The monoisotopic (exact) mass is 158 g/mol. The Labute approximate surface area is 69.8 Å². The van der Waals surface area contributed by atoms with Crippen LogP contribution < -0.4 is 0 Å². The van der Waals surface area contributed by atoms with Crippen LogP contribution in [-0.4, -0.2) is 31.5 Å². The molecule has 0 aromatic heterocycles. The number of rotatable bonds is 6. The van der Waals surface area contributed by atoms with Gasteiger partial charge in [0, 0.05) is 0 Å². The highest BCUT2D eigenvalue weighted by Gasteiger charge is 2.11. The van der Waals surface area contributed by atoms with E-state index in [4.69, 9.17) is 0 Å². The summed E-state index contributed by atoms with van der Waals surface area (Å²) in [4.78, 5) is 10.5. The number of carbonyl (C=O) groups is 1. The lowest BCUT2D eigenvalue weighted by molar-refractivity contribution is -0.804. The van der Waals surface area contributed by atoms with E-state index in [1.54, 1.807) is 0 Å². The van der Waals surface area contributed by atoms with Crippen molar-refractivity contribution in [2.24, 2.45) is 0 Å².